The Morgan fingerprint density at radius 3 is 2.56 bits per heavy atom. The molecule has 0 atom stereocenters. The molecule has 0 aromatic heterocycles. The van der Waals surface area contributed by atoms with Gasteiger partial charge in [0.15, 0.2) is 5.96 Å². The zero-order valence-corrected chi connectivity index (χ0v) is 10.8. The van der Waals surface area contributed by atoms with E-state index in [9.17, 15) is 4.39 Å². The van der Waals surface area contributed by atoms with Crippen molar-refractivity contribution in [2.45, 2.75) is 19.3 Å². The van der Waals surface area contributed by atoms with Crippen LogP contribution in [0.5, 0.6) is 0 Å². The summed E-state index contributed by atoms with van der Waals surface area (Å²) in [5.41, 5.74) is 1.14. The Balaban J connectivity index is 1.78. The first-order chi connectivity index (χ1) is 8.79. The van der Waals surface area contributed by atoms with Crippen molar-refractivity contribution in [3.05, 3.63) is 35.6 Å². The minimum atomic E-state index is -0.181. The van der Waals surface area contributed by atoms with Crippen molar-refractivity contribution in [2.75, 3.05) is 26.7 Å². The predicted molar refractivity (Wildman–Crippen MR) is 72.3 cm³/mol. The molecule has 2 rings (SSSR count). The lowest BCUT2D eigenvalue weighted by Gasteiger charge is -2.20. The number of guanidine groups is 1. The summed E-state index contributed by atoms with van der Waals surface area (Å²) in [5, 5.41) is 3.36. The third-order valence-electron chi connectivity index (χ3n) is 3.23. The number of nitrogens with zero attached hydrogens (tertiary/aromatic N) is 2. The van der Waals surface area contributed by atoms with Gasteiger partial charge in [-0.25, -0.2) is 4.39 Å². The van der Waals surface area contributed by atoms with Crippen LogP contribution in [0.1, 0.15) is 18.4 Å². The molecule has 0 unspecified atom stereocenters. The summed E-state index contributed by atoms with van der Waals surface area (Å²) in [5.74, 6) is 0.800. The summed E-state index contributed by atoms with van der Waals surface area (Å²) < 4.78 is 12.8. The van der Waals surface area contributed by atoms with E-state index < -0.39 is 0 Å². The van der Waals surface area contributed by atoms with Crippen molar-refractivity contribution in [3.63, 3.8) is 0 Å². The van der Waals surface area contributed by atoms with Crippen LogP contribution in [0.4, 0.5) is 4.39 Å². The standard InChI is InChI=1S/C14H20FN3/c1-16-14(18-10-2-3-11-18)17-9-8-12-4-6-13(15)7-5-12/h4-7H,2-3,8-11H2,1H3,(H,16,17). The zero-order chi connectivity index (χ0) is 12.8. The van der Waals surface area contributed by atoms with E-state index in [1.165, 1.54) is 25.0 Å². The molecule has 4 heteroatoms. The van der Waals surface area contributed by atoms with Gasteiger partial charge in [-0.1, -0.05) is 12.1 Å². The lowest BCUT2D eigenvalue weighted by atomic mass is 10.1. The first kappa shape index (κ1) is 12.9. The van der Waals surface area contributed by atoms with Crippen LogP contribution in [-0.4, -0.2) is 37.5 Å². The van der Waals surface area contributed by atoms with E-state index in [0.29, 0.717) is 0 Å². The molecule has 0 amide bonds. The van der Waals surface area contributed by atoms with Crippen LogP contribution in [0.3, 0.4) is 0 Å². The van der Waals surface area contributed by atoms with Crippen LogP contribution in [-0.2, 0) is 6.42 Å². The highest BCUT2D eigenvalue weighted by Crippen LogP contribution is 2.07. The van der Waals surface area contributed by atoms with Gasteiger partial charge in [-0.05, 0) is 37.0 Å². The third kappa shape index (κ3) is 3.45. The molecule has 0 spiro atoms. The molecule has 1 heterocycles. The number of rotatable bonds is 3. The Labute approximate surface area is 108 Å². The minimum Gasteiger partial charge on any atom is -0.356 e. The van der Waals surface area contributed by atoms with Gasteiger partial charge >= 0.3 is 0 Å². The number of benzene rings is 1. The lowest BCUT2D eigenvalue weighted by molar-refractivity contribution is 0.494. The number of halogens is 1. The highest BCUT2D eigenvalue weighted by Gasteiger charge is 2.14. The maximum atomic E-state index is 12.8. The fraction of sp³-hybridized carbons (Fsp3) is 0.500. The average molecular weight is 249 g/mol. The van der Waals surface area contributed by atoms with Crippen LogP contribution in [0.2, 0.25) is 0 Å². The fourth-order valence-corrected chi connectivity index (χ4v) is 2.23. The van der Waals surface area contributed by atoms with Gasteiger partial charge in [0.25, 0.3) is 0 Å². The molecule has 3 nitrogen and oxygen atoms in total. The molecule has 0 saturated carbocycles. The molecule has 0 aliphatic carbocycles. The van der Waals surface area contributed by atoms with Crippen molar-refractivity contribution in [1.29, 1.82) is 0 Å². The van der Waals surface area contributed by atoms with E-state index in [-0.39, 0.29) is 5.82 Å². The van der Waals surface area contributed by atoms with E-state index in [1.54, 1.807) is 0 Å². The first-order valence-electron chi connectivity index (χ1n) is 6.49. The Bertz CT molecular complexity index is 394. The Morgan fingerprint density at radius 1 is 1.28 bits per heavy atom. The Morgan fingerprint density at radius 2 is 1.94 bits per heavy atom. The van der Waals surface area contributed by atoms with E-state index in [4.69, 9.17) is 0 Å². The Kier molecular flexibility index (Phi) is 4.56. The van der Waals surface area contributed by atoms with Gasteiger partial charge in [-0.15, -0.1) is 0 Å². The van der Waals surface area contributed by atoms with Crippen LogP contribution in [0, 0.1) is 5.82 Å². The van der Waals surface area contributed by atoms with Crippen molar-refractivity contribution < 1.29 is 4.39 Å². The molecular formula is C14H20FN3. The smallest absolute Gasteiger partial charge is 0.193 e. The summed E-state index contributed by atoms with van der Waals surface area (Å²) in [6.45, 7) is 3.02. The van der Waals surface area contributed by atoms with Gasteiger partial charge in [0, 0.05) is 26.7 Å². The van der Waals surface area contributed by atoms with Gasteiger partial charge in [0.1, 0.15) is 5.82 Å². The molecule has 18 heavy (non-hydrogen) atoms. The second-order valence-corrected chi connectivity index (χ2v) is 4.54. The predicted octanol–water partition coefficient (Wildman–Crippen LogP) is 2.04. The van der Waals surface area contributed by atoms with E-state index in [1.807, 2.05) is 19.2 Å². The molecule has 1 aromatic carbocycles. The number of aliphatic imine (C=N–C) groups is 1. The van der Waals surface area contributed by atoms with Crippen LogP contribution < -0.4 is 5.32 Å². The van der Waals surface area contributed by atoms with Gasteiger partial charge < -0.3 is 10.2 Å². The van der Waals surface area contributed by atoms with Crippen LogP contribution in [0.25, 0.3) is 0 Å². The normalized spacial score (nSPS) is 16.1. The monoisotopic (exact) mass is 249 g/mol. The largest absolute Gasteiger partial charge is 0.356 e. The number of nitrogens with one attached hydrogen (secondary N) is 1. The Hall–Kier alpha value is -1.58. The van der Waals surface area contributed by atoms with E-state index >= 15 is 0 Å². The molecule has 98 valence electrons. The summed E-state index contributed by atoms with van der Waals surface area (Å²) in [7, 11) is 1.82. The second kappa shape index (κ2) is 6.38. The van der Waals surface area contributed by atoms with Gasteiger partial charge in [0.05, 0.1) is 0 Å². The molecule has 1 aliphatic rings. The van der Waals surface area contributed by atoms with Crippen molar-refractivity contribution in [3.8, 4) is 0 Å². The van der Waals surface area contributed by atoms with E-state index in [2.05, 4.69) is 15.2 Å². The van der Waals surface area contributed by atoms with Gasteiger partial charge in [0.2, 0.25) is 0 Å². The number of likely N-dealkylation sites (tertiary alicyclic amines) is 1. The maximum absolute atomic E-state index is 12.8. The molecule has 1 N–H and O–H groups in total. The highest BCUT2D eigenvalue weighted by molar-refractivity contribution is 5.80. The quantitative estimate of drug-likeness (QED) is 0.656. The molecule has 1 aliphatic heterocycles. The minimum absolute atomic E-state index is 0.181. The van der Waals surface area contributed by atoms with Crippen LogP contribution in [0.15, 0.2) is 29.3 Å². The highest BCUT2D eigenvalue weighted by atomic mass is 19.1. The third-order valence-corrected chi connectivity index (χ3v) is 3.23. The second-order valence-electron chi connectivity index (χ2n) is 4.54. The van der Waals surface area contributed by atoms with Gasteiger partial charge in [-0.3, -0.25) is 4.99 Å². The van der Waals surface area contributed by atoms with Crippen LogP contribution >= 0.6 is 0 Å². The SMILES string of the molecule is CN=C(NCCc1ccc(F)cc1)N1CCCC1. The maximum Gasteiger partial charge on any atom is 0.193 e. The summed E-state index contributed by atoms with van der Waals surface area (Å²) >= 11 is 0. The molecule has 1 saturated heterocycles. The fourth-order valence-electron chi connectivity index (χ4n) is 2.23. The summed E-state index contributed by atoms with van der Waals surface area (Å²) in [4.78, 5) is 6.57. The topological polar surface area (TPSA) is 27.6 Å². The lowest BCUT2D eigenvalue weighted by Crippen LogP contribution is -2.40. The van der Waals surface area contributed by atoms with Gasteiger partial charge in [-0.2, -0.15) is 0 Å². The zero-order valence-electron chi connectivity index (χ0n) is 10.8. The molecular weight excluding hydrogens is 229 g/mol. The molecule has 1 fully saturated rings. The molecule has 1 aromatic rings. The van der Waals surface area contributed by atoms with Crippen molar-refractivity contribution in [1.82, 2.24) is 10.2 Å². The summed E-state index contributed by atoms with van der Waals surface area (Å²) in [6, 6.07) is 6.67. The van der Waals surface area contributed by atoms with Crippen molar-refractivity contribution in [2.24, 2.45) is 4.99 Å². The van der Waals surface area contributed by atoms with Crippen molar-refractivity contribution >= 4 is 5.96 Å². The molecule has 0 radical (unpaired) electrons. The number of hydrogen-bond acceptors (Lipinski definition) is 1. The van der Waals surface area contributed by atoms with E-state index in [0.717, 1.165) is 37.6 Å². The average Bonchev–Trinajstić information content (AvgIpc) is 2.91. The summed E-state index contributed by atoms with van der Waals surface area (Å²) in [6.07, 6.45) is 3.38. The number of hydrogen-bond donors (Lipinski definition) is 1. The molecule has 0 bridgehead atoms. The first-order valence-corrected chi connectivity index (χ1v) is 6.49.